The van der Waals surface area contributed by atoms with Crippen LogP contribution in [0.2, 0.25) is 0 Å². The number of ether oxygens (including phenoxy) is 3. The first-order chi connectivity index (χ1) is 15.6. The summed E-state index contributed by atoms with van der Waals surface area (Å²) in [6.45, 7) is 6.32. The fraction of sp³-hybridized carbons (Fsp3) is 0.481. The molecule has 2 aliphatic rings. The topological polar surface area (TPSA) is 34.2 Å². The highest BCUT2D eigenvalue weighted by Gasteiger charge is 2.21. The van der Waals surface area contributed by atoms with Gasteiger partial charge in [0.25, 0.3) is 0 Å². The van der Waals surface area contributed by atoms with Gasteiger partial charge in [-0.1, -0.05) is 12.1 Å². The second-order valence-electron chi connectivity index (χ2n) is 9.07. The molecule has 0 amide bonds. The smallest absolute Gasteiger partial charge is 0.127 e. The Hall–Kier alpha value is -2.50. The second-order valence-corrected chi connectivity index (χ2v) is 9.07. The van der Waals surface area contributed by atoms with Gasteiger partial charge in [-0.15, -0.1) is 0 Å². The van der Waals surface area contributed by atoms with Gasteiger partial charge < -0.3 is 24.0 Å². The predicted molar refractivity (Wildman–Crippen MR) is 130 cm³/mol. The van der Waals surface area contributed by atoms with Crippen molar-refractivity contribution in [3.05, 3.63) is 59.2 Å². The van der Waals surface area contributed by atoms with E-state index in [0.29, 0.717) is 6.61 Å². The van der Waals surface area contributed by atoms with Crippen LogP contribution >= 0.6 is 0 Å². The maximum absolute atomic E-state index is 5.95. The number of likely N-dealkylation sites (tertiary alicyclic amines) is 1. The van der Waals surface area contributed by atoms with Crippen LogP contribution in [-0.2, 0) is 6.42 Å². The van der Waals surface area contributed by atoms with Crippen LogP contribution in [0, 0.1) is 5.92 Å². The Morgan fingerprint density at radius 1 is 1.00 bits per heavy atom. The SMILES string of the molecule is COc1ccc(CCN2CCC(CN(C)CC3=Cc4cc(OC)ccc4OC3)CC2)cc1. The van der Waals surface area contributed by atoms with Crippen LogP contribution in [0.5, 0.6) is 17.2 Å². The van der Waals surface area contributed by atoms with Gasteiger partial charge in [-0.25, -0.2) is 0 Å². The van der Waals surface area contributed by atoms with E-state index in [9.17, 15) is 0 Å². The van der Waals surface area contributed by atoms with Crippen molar-refractivity contribution in [3.8, 4) is 17.2 Å². The number of likely N-dealkylation sites (N-methyl/N-ethyl adjacent to an activating group) is 1. The number of fused-ring (bicyclic) bond motifs is 1. The highest BCUT2D eigenvalue weighted by Crippen LogP contribution is 2.30. The molecule has 32 heavy (non-hydrogen) atoms. The largest absolute Gasteiger partial charge is 0.497 e. The van der Waals surface area contributed by atoms with E-state index >= 15 is 0 Å². The van der Waals surface area contributed by atoms with E-state index in [4.69, 9.17) is 14.2 Å². The molecular weight excluding hydrogens is 400 g/mol. The lowest BCUT2D eigenvalue weighted by Crippen LogP contribution is -2.39. The molecule has 2 aromatic rings. The molecule has 2 aliphatic heterocycles. The molecule has 0 N–H and O–H groups in total. The van der Waals surface area contributed by atoms with Gasteiger partial charge in [0.05, 0.1) is 14.2 Å². The van der Waals surface area contributed by atoms with Crippen molar-refractivity contribution in [2.45, 2.75) is 19.3 Å². The highest BCUT2D eigenvalue weighted by molar-refractivity contribution is 5.64. The number of hydrogen-bond acceptors (Lipinski definition) is 5. The highest BCUT2D eigenvalue weighted by atomic mass is 16.5. The van der Waals surface area contributed by atoms with E-state index in [1.165, 1.54) is 37.1 Å². The molecular formula is C27H36N2O3. The summed E-state index contributed by atoms with van der Waals surface area (Å²) >= 11 is 0. The Morgan fingerprint density at radius 3 is 2.44 bits per heavy atom. The molecule has 1 saturated heterocycles. The van der Waals surface area contributed by atoms with Crippen LogP contribution in [0.1, 0.15) is 24.0 Å². The zero-order valence-corrected chi connectivity index (χ0v) is 19.7. The van der Waals surface area contributed by atoms with Gasteiger partial charge in [-0.3, -0.25) is 0 Å². The van der Waals surface area contributed by atoms with Crippen molar-refractivity contribution in [1.82, 2.24) is 9.80 Å². The molecule has 0 bridgehead atoms. The van der Waals surface area contributed by atoms with E-state index in [1.807, 2.05) is 12.1 Å². The first-order valence-electron chi connectivity index (χ1n) is 11.7. The maximum Gasteiger partial charge on any atom is 0.127 e. The molecule has 4 rings (SSSR count). The van der Waals surface area contributed by atoms with Crippen LogP contribution in [0.25, 0.3) is 6.08 Å². The molecule has 0 spiro atoms. The summed E-state index contributed by atoms with van der Waals surface area (Å²) in [5.41, 5.74) is 3.82. The summed E-state index contributed by atoms with van der Waals surface area (Å²) in [7, 11) is 5.65. The lowest BCUT2D eigenvalue weighted by Gasteiger charge is -2.34. The van der Waals surface area contributed by atoms with Crippen molar-refractivity contribution in [2.75, 3.05) is 60.6 Å². The Bertz CT molecular complexity index is 902. The molecule has 0 radical (unpaired) electrons. The fourth-order valence-corrected chi connectivity index (χ4v) is 4.75. The van der Waals surface area contributed by atoms with Crippen LogP contribution in [-0.4, -0.2) is 70.4 Å². The average molecular weight is 437 g/mol. The third-order valence-corrected chi connectivity index (χ3v) is 6.62. The molecule has 2 heterocycles. The van der Waals surface area contributed by atoms with Gasteiger partial charge in [0.1, 0.15) is 23.9 Å². The van der Waals surface area contributed by atoms with Gasteiger partial charge in [0, 0.05) is 25.2 Å². The van der Waals surface area contributed by atoms with Crippen molar-refractivity contribution in [2.24, 2.45) is 5.92 Å². The van der Waals surface area contributed by atoms with Crippen LogP contribution in [0.4, 0.5) is 0 Å². The zero-order chi connectivity index (χ0) is 22.3. The summed E-state index contributed by atoms with van der Waals surface area (Å²) < 4.78 is 16.6. The Morgan fingerprint density at radius 2 is 1.72 bits per heavy atom. The average Bonchev–Trinajstić information content (AvgIpc) is 2.83. The maximum atomic E-state index is 5.95. The van der Waals surface area contributed by atoms with E-state index in [2.05, 4.69) is 53.3 Å². The molecule has 0 atom stereocenters. The summed E-state index contributed by atoms with van der Waals surface area (Å²) in [5, 5.41) is 0. The summed E-state index contributed by atoms with van der Waals surface area (Å²) in [6, 6.07) is 14.5. The van der Waals surface area contributed by atoms with Crippen molar-refractivity contribution < 1.29 is 14.2 Å². The molecule has 0 aliphatic carbocycles. The lowest BCUT2D eigenvalue weighted by atomic mass is 9.95. The van der Waals surface area contributed by atoms with Crippen LogP contribution < -0.4 is 14.2 Å². The molecule has 0 aromatic heterocycles. The zero-order valence-electron chi connectivity index (χ0n) is 19.7. The standard InChI is InChI=1S/C27H36N2O3/c1-28(19-23-16-24-17-26(31-3)8-9-27(24)32-20-23)18-22-11-14-29(15-12-22)13-10-21-4-6-25(30-2)7-5-21/h4-9,16-17,22H,10-15,18-20H2,1-3H3. The Labute approximate surface area is 192 Å². The number of piperidine rings is 1. The monoisotopic (exact) mass is 436 g/mol. The number of benzene rings is 2. The number of nitrogens with zero attached hydrogens (tertiary/aromatic N) is 2. The van der Waals surface area contributed by atoms with E-state index in [1.54, 1.807) is 14.2 Å². The quantitative estimate of drug-likeness (QED) is 0.583. The molecule has 0 unspecified atom stereocenters. The first-order valence-corrected chi connectivity index (χ1v) is 11.7. The van der Waals surface area contributed by atoms with Crippen LogP contribution in [0.3, 0.4) is 0 Å². The molecule has 0 saturated carbocycles. The molecule has 172 valence electrons. The van der Waals surface area contributed by atoms with Crippen LogP contribution in [0.15, 0.2) is 48.0 Å². The van der Waals surface area contributed by atoms with Crippen molar-refractivity contribution >= 4 is 6.08 Å². The first kappa shape index (κ1) is 22.7. The molecule has 1 fully saturated rings. The van der Waals surface area contributed by atoms with Crippen molar-refractivity contribution in [3.63, 3.8) is 0 Å². The van der Waals surface area contributed by atoms with Crippen molar-refractivity contribution in [1.29, 1.82) is 0 Å². The molecule has 2 aromatic carbocycles. The van der Waals surface area contributed by atoms with Gasteiger partial charge >= 0.3 is 0 Å². The normalized spacial score (nSPS) is 16.9. The van der Waals surface area contributed by atoms with Gasteiger partial charge in [0.15, 0.2) is 0 Å². The summed E-state index contributed by atoms with van der Waals surface area (Å²) in [4.78, 5) is 5.07. The fourth-order valence-electron chi connectivity index (χ4n) is 4.75. The third-order valence-electron chi connectivity index (χ3n) is 6.62. The minimum absolute atomic E-state index is 0.674. The minimum Gasteiger partial charge on any atom is -0.497 e. The predicted octanol–water partition coefficient (Wildman–Crippen LogP) is 4.37. The molecule has 5 heteroatoms. The van der Waals surface area contributed by atoms with E-state index in [0.717, 1.165) is 54.8 Å². The lowest BCUT2D eigenvalue weighted by molar-refractivity contribution is 0.158. The Balaban J connectivity index is 1.20. The molecule has 5 nitrogen and oxygen atoms in total. The van der Waals surface area contributed by atoms with Gasteiger partial charge in [-0.2, -0.15) is 0 Å². The number of hydrogen-bond donors (Lipinski definition) is 0. The van der Waals surface area contributed by atoms with Gasteiger partial charge in [0.2, 0.25) is 0 Å². The van der Waals surface area contributed by atoms with E-state index in [-0.39, 0.29) is 0 Å². The van der Waals surface area contributed by atoms with E-state index < -0.39 is 0 Å². The summed E-state index contributed by atoms with van der Waals surface area (Å²) in [5.74, 6) is 3.52. The summed E-state index contributed by atoms with van der Waals surface area (Å²) in [6.07, 6.45) is 5.93. The number of methoxy groups -OCH3 is 2. The Kier molecular flexibility index (Phi) is 7.72. The van der Waals surface area contributed by atoms with Gasteiger partial charge in [-0.05, 0) is 92.9 Å². The third kappa shape index (κ3) is 6.05. The second kappa shape index (κ2) is 10.9. The number of rotatable bonds is 9. The minimum atomic E-state index is 0.674.